The van der Waals surface area contributed by atoms with Crippen LogP contribution < -0.4 is 5.32 Å². The highest BCUT2D eigenvalue weighted by atomic mass is 16.2. The predicted molar refractivity (Wildman–Crippen MR) is 67.5 cm³/mol. The van der Waals surface area contributed by atoms with Crippen LogP contribution in [0.2, 0.25) is 0 Å². The van der Waals surface area contributed by atoms with Crippen molar-refractivity contribution < 1.29 is 9.59 Å². The van der Waals surface area contributed by atoms with Crippen molar-refractivity contribution in [3.63, 3.8) is 0 Å². The molecule has 1 aliphatic rings. The molecule has 1 heterocycles. The van der Waals surface area contributed by atoms with Gasteiger partial charge >= 0.3 is 0 Å². The normalized spacial score (nSPS) is 19.6. The van der Waals surface area contributed by atoms with Crippen LogP contribution in [0.25, 0.3) is 0 Å². The molecule has 0 radical (unpaired) electrons. The highest BCUT2D eigenvalue weighted by molar-refractivity contribution is 5.97. The van der Waals surface area contributed by atoms with Crippen molar-refractivity contribution >= 4 is 11.8 Å². The zero-order valence-electron chi connectivity index (χ0n) is 11.4. The van der Waals surface area contributed by atoms with Crippen molar-refractivity contribution in [2.45, 2.75) is 53.0 Å². The Morgan fingerprint density at radius 3 is 2.18 bits per heavy atom. The minimum absolute atomic E-state index is 0.0200. The van der Waals surface area contributed by atoms with Gasteiger partial charge in [-0.3, -0.25) is 14.5 Å². The van der Waals surface area contributed by atoms with Gasteiger partial charge in [0.1, 0.15) is 0 Å². The highest BCUT2D eigenvalue weighted by Gasteiger charge is 2.32. The molecule has 0 bridgehead atoms. The second-order valence-electron chi connectivity index (χ2n) is 5.73. The topological polar surface area (TPSA) is 49.4 Å². The van der Waals surface area contributed by atoms with Crippen LogP contribution in [0.3, 0.4) is 0 Å². The number of hydrogen-bond acceptors (Lipinski definition) is 3. The first kappa shape index (κ1) is 14.2. The molecule has 4 nitrogen and oxygen atoms in total. The largest absolute Gasteiger partial charge is 0.312 e. The van der Waals surface area contributed by atoms with Gasteiger partial charge < -0.3 is 5.32 Å². The third-order valence-corrected chi connectivity index (χ3v) is 3.24. The van der Waals surface area contributed by atoms with Gasteiger partial charge in [-0.1, -0.05) is 27.7 Å². The summed E-state index contributed by atoms with van der Waals surface area (Å²) in [5, 5.41) is 3.36. The van der Waals surface area contributed by atoms with E-state index in [1.165, 1.54) is 4.90 Å². The van der Waals surface area contributed by atoms with Gasteiger partial charge in [0, 0.05) is 25.4 Å². The standard InChI is InChI=1S/C13H24N2O2/c1-5-14-10(13(2,3)4)9-15-11(16)7-6-8-12(15)17/h10,14H,5-9H2,1-4H3. The fourth-order valence-corrected chi connectivity index (χ4v) is 2.08. The van der Waals surface area contributed by atoms with Gasteiger partial charge in [0.15, 0.2) is 0 Å². The van der Waals surface area contributed by atoms with Crippen LogP contribution in [-0.2, 0) is 9.59 Å². The van der Waals surface area contributed by atoms with E-state index in [9.17, 15) is 9.59 Å². The van der Waals surface area contributed by atoms with Crippen molar-refractivity contribution in [1.82, 2.24) is 10.2 Å². The first-order valence-electron chi connectivity index (χ1n) is 6.43. The minimum Gasteiger partial charge on any atom is -0.312 e. The summed E-state index contributed by atoms with van der Waals surface area (Å²) >= 11 is 0. The average molecular weight is 240 g/mol. The van der Waals surface area contributed by atoms with Crippen LogP contribution in [0, 0.1) is 5.41 Å². The summed E-state index contributed by atoms with van der Waals surface area (Å²) in [7, 11) is 0. The number of carbonyl (C=O) groups is 2. The fourth-order valence-electron chi connectivity index (χ4n) is 2.08. The molecule has 2 amide bonds. The second-order valence-corrected chi connectivity index (χ2v) is 5.73. The van der Waals surface area contributed by atoms with Gasteiger partial charge in [0.25, 0.3) is 0 Å². The van der Waals surface area contributed by atoms with E-state index < -0.39 is 0 Å². The van der Waals surface area contributed by atoms with Crippen LogP contribution in [0.4, 0.5) is 0 Å². The number of likely N-dealkylation sites (N-methyl/N-ethyl adjacent to an activating group) is 1. The molecule has 4 heteroatoms. The smallest absolute Gasteiger partial charge is 0.229 e. The number of imide groups is 1. The summed E-state index contributed by atoms with van der Waals surface area (Å²) in [5.41, 5.74) is 0.0357. The Kier molecular flexibility index (Phi) is 4.69. The van der Waals surface area contributed by atoms with Crippen molar-refractivity contribution in [2.24, 2.45) is 5.41 Å². The Hall–Kier alpha value is -0.900. The first-order valence-corrected chi connectivity index (χ1v) is 6.43. The average Bonchev–Trinajstić information content (AvgIpc) is 2.20. The molecular formula is C13H24N2O2. The Bertz CT molecular complexity index is 278. The molecule has 1 N–H and O–H groups in total. The van der Waals surface area contributed by atoms with Gasteiger partial charge in [-0.25, -0.2) is 0 Å². The first-order chi connectivity index (χ1) is 7.86. The molecule has 0 aromatic rings. The van der Waals surface area contributed by atoms with E-state index in [2.05, 4.69) is 26.1 Å². The second kappa shape index (κ2) is 5.63. The van der Waals surface area contributed by atoms with Gasteiger partial charge in [0.2, 0.25) is 11.8 Å². The molecule has 1 saturated heterocycles. The molecule has 1 fully saturated rings. The van der Waals surface area contributed by atoms with E-state index in [4.69, 9.17) is 0 Å². The Morgan fingerprint density at radius 2 is 1.76 bits per heavy atom. The molecule has 0 aromatic carbocycles. The van der Waals surface area contributed by atoms with Crippen LogP contribution >= 0.6 is 0 Å². The van der Waals surface area contributed by atoms with Crippen molar-refractivity contribution in [3.05, 3.63) is 0 Å². The van der Waals surface area contributed by atoms with E-state index in [0.717, 1.165) is 6.54 Å². The van der Waals surface area contributed by atoms with E-state index in [-0.39, 0.29) is 23.3 Å². The van der Waals surface area contributed by atoms with E-state index in [1.807, 2.05) is 6.92 Å². The number of piperidine rings is 1. The number of nitrogens with one attached hydrogen (secondary N) is 1. The Morgan fingerprint density at radius 1 is 1.24 bits per heavy atom. The predicted octanol–water partition coefficient (Wildman–Crippen LogP) is 1.55. The van der Waals surface area contributed by atoms with Gasteiger partial charge in [-0.15, -0.1) is 0 Å². The van der Waals surface area contributed by atoms with E-state index in [0.29, 0.717) is 25.8 Å². The number of likely N-dealkylation sites (tertiary alicyclic amines) is 1. The minimum atomic E-state index is -0.0200. The molecule has 98 valence electrons. The lowest BCUT2D eigenvalue weighted by atomic mass is 9.86. The Labute approximate surface area is 104 Å². The van der Waals surface area contributed by atoms with Crippen LogP contribution in [0.1, 0.15) is 47.0 Å². The van der Waals surface area contributed by atoms with Crippen molar-refractivity contribution in [1.29, 1.82) is 0 Å². The van der Waals surface area contributed by atoms with Crippen LogP contribution in [0.5, 0.6) is 0 Å². The molecule has 1 atom stereocenters. The molecule has 0 aliphatic carbocycles. The number of rotatable bonds is 4. The maximum atomic E-state index is 11.7. The lowest BCUT2D eigenvalue weighted by molar-refractivity contribution is -0.148. The molecule has 0 spiro atoms. The molecule has 1 aliphatic heterocycles. The van der Waals surface area contributed by atoms with Gasteiger partial charge in [-0.2, -0.15) is 0 Å². The zero-order chi connectivity index (χ0) is 13.1. The zero-order valence-corrected chi connectivity index (χ0v) is 11.4. The number of nitrogens with zero attached hydrogens (tertiary/aromatic N) is 1. The third kappa shape index (κ3) is 3.80. The van der Waals surface area contributed by atoms with Gasteiger partial charge in [-0.05, 0) is 18.4 Å². The summed E-state index contributed by atoms with van der Waals surface area (Å²) in [6, 6.07) is 0.151. The molecule has 1 rings (SSSR count). The lowest BCUT2D eigenvalue weighted by Gasteiger charge is -2.36. The fraction of sp³-hybridized carbons (Fsp3) is 0.846. The summed E-state index contributed by atoms with van der Waals surface area (Å²) in [6.45, 7) is 9.75. The Balaban J connectivity index is 2.71. The summed E-state index contributed by atoms with van der Waals surface area (Å²) in [6.07, 6.45) is 1.72. The van der Waals surface area contributed by atoms with E-state index >= 15 is 0 Å². The van der Waals surface area contributed by atoms with Gasteiger partial charge in [0.05, 0.1) is 0 Å². The summed E-state index contributed by atoms with van der Waals surface area (Å²) < 4.78 is 0. The molecule has 17 heavy (non-hydrogen) atoms. The molecular weight excluding hydrogens is 216 g/mol. The van der Waals surface area contributed by atoms with E-state index in [1.54, 1.807) is 0 Å². The summed E-state index contributed by atoms with van der Waals surface area (Å²) in [4.78, 5) is 24.9. The van der Waals surface area contributed by atoms with Crippen LogP contribution in [-0.4, -0.2) is 35.8 Å². The van der Waals surface area contributed by atoms with Crippen LogP contribution in [0.15, 0.2) is 0 Å². The maximum Gasteiger partial charge on any atom is 0.229 e. The third-order valence-electron chi connectivity index (χ3n) is 3.24. The SMILES string of the molecule is CCNC(CN1C(=O)CCCC1=O)C(C)(C)C. The molecule has 1 unspecified atom stereocenters. The van der Waals surface area contributed by atoms with Crippen molar-refractivity contribution in [3.8, 4) is 0 Å². The highest BCUT2D eigenvalue weighted by Crippen LogP contribution is 2.22. The monoisotopic (exact) mass is 240 g/mol. The maximum absolute atomic E-state index is 11.7. The van der Waals surface area contributed by atoms with Crippen molar-refractivity contribution in [2.75, 3.05) is 13.1 Å². The lowest BCUT2D eigenvalue weighted by Crippen LogP contribution is -2.52. The number of amides is 2. The molecule has 0 aromatic heterocycles. The quantitative estimate of drug-likeness (QED) is 0.758. The molecule has 0 saturated carbocycles. The summed E-state index contributed by atoms with van der Waals surface area (Å²) in [5.74, 6) is -0.0400. The number of carbonyl (C=O) groups excluding carboxylic acids is 2. The number of hydrogen-bond donors (Lipinski definition) is 1.